The molecule has 13 heteroatoms. The normalized spacial score (nSPS) is 17.8. The van der Waals surface area contributed by atoms with Gasteiger partial charge in [-0.3, -0.25) is 19.1 Å². The van der Waals surface area contributed by atoms with Gasteiger partial charge in [-0.05, 0) is 51.5 Å². The van der Waals surface area contributed by atoms with Crippen LogP contribution in [0.1, 0.15) is 39.1 Å². The minimum Gasteiger partial charge on any atom is -0.444 e. The maximum absolute atomic E-state index is 14.2. The molecular formula is C25H23ClF4N4O4. The van der Waals surface area contributed by atoms with Gasteiger partial charge >= 0.3 is 12.5 Å². The van der Waals surface area contributed by atoms with Crippen molar-refractivity contribution in [3.63, 3.8) is 0 Å². The van der Waals surface area contributed by atoms with Gasteiger partial charge in [0.2, 0.25) is 0 Å². The van der Waals surface area contributed by atoms with Crippen LogP contribution in [0.3, 0.4) is 0 Å². The monoisotopic (exact) mass is 554 g/mol. The van der Waals surface area contributed by atoms with Gasteiger partial charge in [-0.25, -0.2) is 18.6 Å². The number of benzene rings is 2. The van der Waals surface area contributed by atoms with Crippen LogP contribution in [-0.4, -0.2) is 51.1 Å². The molecule has 1 aromatic heterocycles. The van der Waals surface area contributed by atoms with E-state index in [4.69, 9.17) is 16.3 Å². The van der Waals surface area contributed by atoms with Gasteiger partial charge in [-0.2, -0.15) is 8.78 Å². The lowest BCUT2D eigenvalue weighted by molar-refractivity contribution is -0.132. The average molecular weight is 555 g/mol. The summed E-state index contributed by atoms with van der Waals surface area (Å²) in [5, 5.41) is 2.17. The molecule has 0 spiro atoms. The Balaban J connectivity index is 1.94. The van der Waals surface area contributed by atoms with Crippen molar-refractivity contribution in [1.29, 1.82) is 0 Å². The van der Waals surface area contributed by atoms with Crippen LogP contribution in [0.15, 0.2) is 41.2 Å². The summed E-state index contributed by atoms with van der Waals surface area (Å²) in [7, 11) is 0. The average Bonchev–Trinajstić information content (AvgIpc) is 3.20. The highest BCUT2D eigenvalue weighted by Crippen LogP contribution is 2.35. The summed E-state index contributed by atoms with van der Waals surface area (Å²) in [6, 6.07) is 4.83. The van der Waals surface area contributed by atoms with Crippen LogP contribution in [0, 0.1) is 11.6 Å². The Morgan fingerprint density at radius 2 is 1.82 bits per heavy atom. The van der Waals surface area contributed by atoms with E-state index in [1.807, 2.05) is 0 Å². The molecule has 8 nitrogen and oxygen atoms in total. The molecule has 0 radical (unpaired) electrons. The molecule has 0 saturated carbocycles. The van der Waals surface area contributed by atoms with Crippen LogP contribution in [0.2, 0.25) is 5.02 Å². The zero-order chi connectivity index (χ0) is 27.9. The van der Waals surface area contributed by atoms with Gasteiger partial charge in [-0.1, -0.05) is 17.7 Å². The standard InChI is InChI=1S/C25H23ClF4N4O4/c1-25(2,3)38-24(37)33-11-14(31-22(35)20(29)30)10-18(33)21-32-17-6-4-5-16(26)19(17)23(36)34(21)15-8-12(27)7-13(28)9-15/h4-9,14,18,20H,10-11H2,1-3H3,(H,31,35)/t14-,18+/m1/s1. The maximum atomic E-state index is 14.2. The first-order valence-electron chi connectivity index (χ1n) is 11.5. The van der Waals surface area contributed by atoms with Gasteiger partial charge in [0.1, 0.15) is 23.1 Å². The van der Waals surface area contributed by atoms with Crippen LogP contribution in [0.5, 0.6) is 0 Å². The van der Waals surface area contributed by atoms with Crippen molar-refractivity contribution in [1.82, 2.24) is 19.8 Å². The second-order valence-corrected chi connectivity index (χ2v) is 10.2. The highest BCUT2D eigenvalue weighted by Gasteiger charge is 2.42. The highest BCUT2D eigenvalue weighted by molar-refractivity contribution is 6.35. The predicted octanol–water partition coefficient (Wildman–Crippen LogP) is 4.75. The first kappa shape index (κ1) is 27.4. The molecule has 38 heavy (non-hydrogen) atoms. The number of hydrogen-bond donors (Lipinski definition) is 1. The number of hydrogen-bond acceptors (Lipinski definition) is 5. The molecule has 2 heterocycles. The van der Waals surface area contributed by atoms with E-state index in [1.165, 1.54) is 12.1 Å². The van der Waals surface area contributed by atoms with Crippen LogP contribution >= 0.6 is 11.6 Å². The van der Waals surface area contributed by atoms with Crippen LogP contribution in [-0.2, 0) is 9.53 Å². The third kappa shape index (κ3) is 5.59. The maximum Gasteiger partial charge on any atom is 0.410 e. The number of rotatable bonds is 4. The van der Waals surface area contributed by atoms with Gasteiger partial charge in [0.15, 0.2) is 0 Å². The smallest absolute Gasteiger partial charge is 0.410 e. The van der Waals surface area contributed by atoms with E-state index in [-0.39, 0.29) is 40.4 Å². The number of aromatic nitrogens is 2. The summed E-state index contributed by atoms with van der Waals surface area (Å²) in [5.74, 6) is -3.62. The predicted molar refractivity (Wildman–Crippen MR) is 130 cm³/mol. The summed E-state index contributed by atoms with van der Waals surface area (Å²) in [6.07, 6.45) is -4.30. The molecule has 2 atom stereocenters. The minimum atomic E-state index is -3.29. The number of alkyl halides is 2. The van der Waals surface area contributed by atoms with Gasteiger partial charge in [0.25, 0.3) is 11.5 Å². The number of fused-ring (bicyclic) bond motifs is 1. The number of carbonyl (C=O) groups is 2. The van der Waals surface area contributed by atoms with Crippen LogP contribution in [0.25, 0.3) is 16.6 Å². The van der Waals surface area contributed by atoms with Gasteiger partial charge < -0.3 is 10.1 Å². The summed E-state index contributed by atoms with van der Waals surface area (Å²) in [4.78, 5) is 44.2. The van der Waals surface area contributed by atoms with E-state index >= 15 is 0 Å². The fourth-order valence-corrected chi connectivity index (χ4v) is 4.57. The molecule has 4 rings (SSSR count). The first-order chi connectivity index (χ1) is 17.7. The molecule has 1 saturated heterocycles. The number of carbonyl (C=O) groups excluding carboxylic acids is 2. The highest BCUT2D eigenvalue weighted by atomic mass is 35.5. The lowest BCUT2D eigenvalue weighted by Gasteiger charge is -2.29. The number of nitrogens with one attached hydrogen (secondary N) is 1. The molecule has 2 aromatic carbocycles. The molecule has 1 fully saturated rings. The SMILES string of the molecule is CC(C)(C)OC(=O)N1C[C@H](NC(=O)C(F)F)C[C@H]1c1nc2cccc(Cl)c2c(=O)n1-c1cc(F)cc(F)c1. The van der Waals surface area contributed by atoms with Crippen molar-refractivity contribution in [3.8, 4) is 5.69 Å². The third-order valence-corrected chi connectivity index (χ3v) is 6.06. The Kier molecular flexibility index (Phi) is 7.37. The zero-order valence-electron chi connectivity index (χ0n) is 20.5. The molecule has 1 aliphatic heterocycles. The van der Waals surface area contributed by atoms with Crippen molar-refractivity contribution in [2.45, 2.75) is 51.3 Å². The van der Waals surface area contributed by atoms with E-state index in [1.54, 1.807) is 26.8 Å². The van der Waals surface area contributed by atoms with Crippen molar-refractivity contribution >= 4 is 34.5 Å². The van der Waals surface area contributed by atoms with Crippen molar-refractivity contribution in [2.75, 3.05) is 6.54 Å². The Labute approximate surface area is 219 Å². The Hall–Kier alpha value is -3.67. The van der Waals surface area contributed by atoms with E-state index in [0.717, 1.165) is 21.6 Å². The summed E-state index contributed by atoms with van der Waals surface area (Å²) in [6.45, 7) is 4.61. The van der Waals surface area contributed by atoms with Crippen LogP contribution in [0.4, 0.5) is 22.4 Å². The van der Waals surface area contributed by atoms with Gasteiger partial charge in [-0.15, -0.1) is 0 Å². The number of amides is 2. The number of likely N-dealkylation sites (tertiary alicyclic amines) is 1. The molecular weight excluding hydrogens is 532 g/mol. The van der Waals surface area contributed by atoms with E-state index in [9.17, 15) is 31.9 Å². The molecule has 2 amide bonds. The Morgan fingerprint density at radius 3 is 2.42 bits per heavy atom. The lowest BCUT2D eigenvalue weighted by atomic mass is 10.1. The zero-order valence-corrected chi connectivity index (χ0v) is 21.2. The Morgan fingerprint density at radius 1 is 1.16 bits per heavy atom. The number of nitrogens with zero attached hydrogens (tertiary/aromatic N) is 3. The quantitative estimate of drug-likeness (QED) is 0.470. The molecule has 0 bridgehead atoms. The van der Waals surface area contributed by atoms with Crippen molar-refractivity contribution in [3.05, 3.63) is 69.2 Å². The number of halogens is 5. The molecule has 1 N–H and O–H groups in total. The van der Waals surface area contributed by atoms with Crippen molar-refractivity contribution < 1.29 is 31.9 Å². The molecule has 1 aliphatic rings. The second-order valence-electron chi connectivity index (χ2n) is 9.76. The fourth-order valence-electron chi connectivity index (χ4n) is 4.32. The topological polar surface area (TPSA) is 93.5 Å². The molecule has 0 unspecified atom stereocenters. The molecule has 3 aromatic rings. The van der Waals surface area contributed by atoms with Gasteiger partial charge in [0.05, 0.1) is 27.7 Å². The van der Waals surface area contributed by atoms with Crippen molar-refractivity contribution in [2.24, 2.45) is 0 Å². The lowest BCUT2D eigenvalue weighted by Crippen LogP contribution is -2.42. The minimum absolute atomic E-state index is 0.0352. The van der Waals surface area contributed by atoms with E-state index in [2.05, 4.69) is 10.3 Å². The Bertz CT molecular complexity index is 1450. The van der Waals surface area contributed by atoms with E-state index < -0.39 is 53.3 Å². The number of ether oxygens (including phenoxy) is 1. The van der Waals surface area contributed by atoms with E-state index in [0.29, 0.717) is 6.07 Å². The summed E-state index contributed by atoms with van der Waals surface area (Å²) < 4.78 is 60.7. The van der Waals surface area contributed by atoms with Gasteiger partial charge in [0, 0.05) is 18.7 Å². The first-order valence-corrected chi connectivity index (χ1v) is 11.9. The molecule has 202 valence electrons. The summed E-state index contributed by atoms with van der Waals surface area (Å²) >= 11 is 6.25. The molecule has 0 aliphatic carbocycles. The second kappa shape index (κ2) is 10.2. The van der Waals surface area contributed by atoms with Crippen LogP contribution < -0.4 is 10.9 Å². The fraction of sp³-hybridized carbons (Fsp3) is 0.360. The largest absolute Gasteiger partial charge is 0.444 e. The summed E-state index contributed by atoms with van der Waals surface area (Å²) in [5.41, 5.74) is -1.82. The third-order valence-electron chi connectivity index (χ3n) is 5.75.